The molecule has 0 spiro atoms. The van der Waals surface area contributed by atoms with Gasteiger partial charge in [-0.2, -0.15) is 0 Å². The third kappa shape index (κ3) is 5.36. The average Bonchev–Trinajstić information content (AvgIpc) is 3.31. The van der Waals surface area contributed by atoms with Gasteiger partial charge in [-0.25, -0.2) is 0 Å². The zero-order valence-electron chi connectivity index (χ0n) is 14.0. The van der Waals surface area contributed by atoms with Crippen molar-refractivity contribution in [3.8, 4) is 19.5 Å². The highest BCUT2D eigenvalue weighted by Gasteiger charge is 2.17. The van der Waals surface area contributed by atoms with Gasteiger partial charge in [-0.3, -0.25) is 4.57 Å². The van der Waals surface area contributed by atoms with E-state index >= 15 is 0 Å². The van der Waals surface area contributed by atoms with Crippen molar-refractivity contribution in [1.29, 1.82) is 0 Å². The summed E-state index contributed by atoms with van der Waals surface area (Å²) in [5.74, 6) is 0. The molecule has 0 aliphatic carbocycles. The highest BCUT2D eigenvalue weighted by atomic mass is 32.1. The molecule has 3 aromatic rings. The predicted octanol–water partition coefficient (Wildman–Crippen LogP) is 6.75. The number of hydrogen-bond acceptors (Lipinski definition) is 5. The molecule has 3 rings (SSSR count). The van der Waals surface area contributed by atoms with Crippen LogP contribution in [0.15, 0.2) is 41.8 Å². The van der Waals surface area contributed by atoms with Crippen LogP contribution in [0.2, 0.25) is 0 Å². The lowest BCUT2D eigenvalue weighted by Crippen LogP contribution is -1.95. The Bertz CT molecular complexity index is 836. The molecule has 0 saturated carbocycles. The van der Waals surface area contributed by atoms with Crippen LogP contribution in [-0.4, -0.2) is 17.7 Å². The fourth-order valence-corrected chi connectivity index (χ4v) is 6.68. The summed E-state index contributed by atoms with van der Waals surface area (Å²) in [4.78, 5) is 16.1. The Morgan fingerprint density at radius 2 is 1.72 bits per heavy atom. The normalized spacial score (nSPS) is 13.8. The first kappa shape index (κ1) is 19.0. The monoisotopic (exact) mass is 412 g/mol. The van der Waals surface area contributed by atoms with Crippen molar-refractivity contribution < 1.29 is 14.0 Å². The summed E-state index contributed by atoms with van der Waals surface area (Å²) in [5, 5.41) is 2.11. The number of rotatable bonds is 9. The van der Waals surface area contributed by atoms with Crippen LogP contribution < -0.4 is 0 Å². The predicted molar refractivity (Wildman–Crippen MR) is 110 cm³/mol. The molecular formula is C18H21O3PS3. The zero-order valence-corrected chi connectivity index (χ0v) is 17.4. The van der Waals surface area contributed by atoms with E-state index in [2.05, 4.69) is 41.8 Å². The molecule has 0 aliphatic rings. The Morgan fingerprint density at radius 1 is 1.00 bits per heavy atom. The van der Waals surface area contributed by atoms with Gasteiger partial charge in [0.25, 0.3) is 0 Å². The van der Waals surface area contributed by atoms with Crippen LogP contribution in [0, 0.1) is 0 Å². The molecule has 3 heterocycles. The van der Waals surface area contributed by atoms with E-state index in [4.69, 9.17) is 4.52 Å². The minimum Gasteiger partial charge on any atom is -0.324 e. The van der Waals surface area contributed by atoms with Gasteiger partial charge in [-0.15, -0.1) is 34.0 Å². The van der Waals surface area contributed by atoms with E-state index in [1.165, 1.54) is 24.4 Å². The van der Waals surface area contributed by atoms with Crippen LogP contribution in [0.25, 0.3) is 19.5 Å². The van der Waals surface area contributed by atoms with Crippen LogP contribution in [0.5, 0.6) is 0 Å². The van der Waals surface area contributed by atoms with Crippen LogP contribution in [0.3, 0.4) is 0 Å². The lowest BCUT2D eigenvalue weighted by Gasteiger charge is -2.09. The van der Waals surface area contributed by atoms with Gasteiger partial charge < -0.3 is 9.42 Å². The SMILES string of the molecule is CCOP(=O)(O)CCCCc1ccc(-c2ccc(-c3cccs3)s2)s1. The van der Waals surface area contributed by atoms with Gasteiger partial charge in [-0.1, -0.05) is 6.07 Å². The van der Waals surface area contributed by atoms with Crippen molar-refractivity contribution in [3.63, 3.8) is 0 Å². The Labute approximate surface area is 160 Å². The highest BCUT2D eigenvalue weighted by Crippen LogP contribution is 2.43. The molecule has 0 bridgehead atoms. The minimum atomic E-state index is -3.37. The molecule has 3 aromatic heterocycles. The maximum absolute atomic E-state index is 11.7. The van der Waals surface area contributed by atoms with Gasteiger partial charge >= 0.3 is 7.60 Å². The van der Waals surface area contributed by atoms with Crippen molar-refractivity contribution in [2.75, 3.05) is 12.8 Å². The minimum absolute atomic E-state index is 0.244. The van der Waals surface area contributed by atoms with Gasteiger partial charge in [-0.05, 0) is 61.9 Å². The third-order valence-electron chi connectivity index (χ3n) is 3.72. The molecule has 25 heavy (non-hydrogen) atoms. The van der Waals surface area contributed by atoms with Crippen LogP contribution in [0.1, 0.15) is 24.6 Å². The van der Waals surface area contributed by atoms with Crippen LogP contribution in [-0.2, 0) is 15.5 Å². The molecule has 1 N–H and O–H groups in total. The summed E-state index contributed by atoms with van der Waals surface area (Å²) >= 11 is 5.41. The van der Waals surface area contributed by atoms with E-state index in [1.807, 2.05) is 22.7 Å². The lowest BCUT2D eigenvalue weighted by molar-refractivity contribution is 0.273. The Hall–Kier alpha value is -0.750. The first-order chi connectivity index (χ1) is 12.1. The second kappa shape index (κ2) is 8.76. The van der Waals surface area contributed by atoms with E-state index in [-0.39, 0.29) is 12.8 Å². The summed E-state index contributed by atoms with van der Waals surface area (Å²) in [5.41, 5.74) is 0. The second-order valence-corrected chi connectivity index (χ2v) is 10.8. The van der Waals surface area contributed by atoms with E-state index < -0.39 is 7.60 Å². The van der Waals surface area contributed by atoms with E-state index in [0.717, 1.165) is 12.8 Å². The Kier molecular flexibility index (Phi) is 6.67. The maximum atomic E-state index is 11.7. The summed E-state index contributed by atoms with van der Waals surface area (Å²) < 4.78 is 16.5. The smallest absolute Gasteiger partial charge is 0.324 e. The van der Waals surface area contributed by atoms with Crippen LogP contribution >= 0.6 is 41.6 Å². The van der Waals surface area contributed by atoms with Crippen molar-refractivity contribution in [2.45, 2.75) is 26.2 Å². The zero-order chi connectivity index (χ0) is 17.7. The molecule has 0 aliphatic heterocycles. The van der Waals surface area contributed by atoms with Crippen molar-refractivity contribution in [1.82, 2.24) is 0 Å². The summed E-state index contributed by atoms with van der Waals surface area (Å²) in [6, 6.07) is 13.0. The summed E-state index contributed by atoms with van der Waals surface area (Å²) in [6.45, 7) is 2.03. The quantitative estimate of drug-likeness (QED) is 0.312. The molecule has 3 nitrogen and oxygen atoms in total. The summed E-state index contributed by atoms with van der Waals surface area (Å²) in [6.07, 6.45) is 2.80. The largest absolute Gasteiger partial charge is 0.328 e. The number of thiophene rings is 3. The molecule has 134 valence electrons. The van der Waals surface area contributed by atoms with Crippen molar-refractivity contribution in [2.24, 2.45) is 0 Å². The van der Waals surface area contributed by atoms with Gasteiger partial charge in [0.15, 0.2) is 0 Å². The number of hydrogen-bond donors (Lipinski definition) is 1. The summed E-state index contributed by atoms with van der Waals surface area (Å²) in [7, 11) is -3.37. The first-order valence-corrected chi connectivity index (χ1v) is 12.5. The molecular weight excluding hydrogens is 391 g/mol. The fraction of sp³-hybridized carbons (Fsp3) is 0.333. The molecule has 0 amide bonds. The maximum Gasteiger partial charge on any atom is 0.328 e. The van der Waals surface area contributed by atoms with Crippen molar-refractivity contribution >= 4 is 41.6 Å². The highest BCUT2D eigenvalue weighted by molar-refractivity contribution is 7.52. The first-order valence-electron chi connectivity index (χ1n) is 8.26. The standard InChI is InChI=1S/C18H21O3PS3/c1-2-21-22(19,20)12-4-3-6-14-8-9-17(24-14)18-11-10-16(25-18)15-7-5-13-23-15/h5,7-11,13H,2-4,6,12H2,1H3,(H,19,20). The molecule has 0 aromatic carbocycles. The lowest BCUT2D eigenvalue weighted by atomic mass is 10.2. The van der Waals surface area contributed by atoms with Gasteiger partial charge in [0.1, 0.15) is 0 Å². The third-order valence-corrected chi connectivity index (χ3v) is 8.75. The number of unbranched alkanes of at least 4 members (excludes halogenated alkanes) is 1. The van der Waals surface area contributed by atoms with E-state index in [9.17, 15) is 9.46 Å². The van der Waals surface area contributed by atoms with E-state index in [1.54, 1.807) is 18.3 Å². The molecule has 7 heteroatoms. The molecule has 1 unspecified atom stereocenters. The topological polar surface area (TPSA) is 46.5 Å². The van der Waals surface area contributed by atoms with Gasteiger partial charge in [0, 0.05) is 30.5 Å². The molecule has 0 saturated heterocycles. The molecule has 0 fully saturated rings. The van der Waals surface area contributed by atoms with Crippen LogP contribution in [0.4, 0.5) is 0 Å². The average molecular weight is 413 g/mol. The van der Waals surface area contributed by atoms with Gasteiger partial charge in [0.05, 0.1) is 6.61 Å². The number of aryl methyl sites for hydroxylation is 1. The fourth-order valence-electron chi connectivity index (χ4n) is 2.54. The molecule has 1 atom stereocenters. The van der Waals surface area contributed by atoms with E-state index in [0.29, 0.717) is 6.42 Å². The second-order valence-electron chi connectivity index (χ2n) is 5.64. The van der Waals surface area contributed by atoms with Crippen molar-refractivity contribution in [3.05, 3.63) is 46.7 Å². The van der Waals surface area contributed by atoms with Gasteiger partial charge in [0.2, 0.25) is 0 Å². The molecule has 0 radical (unpaired) electrons. The Morgan fingerprint density at radius 3 is 2.44 bits per heavy atom. The Balaban J connectivity index is 1.53.